The summed E-state index contributed by atoms with van der Waals surface area (Å²) < 4.78 is 40.4. The Labute approximate surface area is 475 Å². The van der Waals surface area contributed by atoms with Gasteiger partial charge < -0.3 is 55.2 Å². The van der Waals surface area contributed by atoms with Crippen LogP contribution in [0.5, 0.6) is 17.5 Å². The van der Waals surface area contributed by atoms with Crippen LogP contribution >= 0.6 is 22.9 Å². The quantitative estimate of drug-likeness (QED) is 0.0229. The number of thiazole rings is 1. The van der Waals surface area contributed by atoms with Crippen LogP contribution in [0.4, 0.5) is 10.2 Å². The fraction of sp³-hybridized carbons (Fsp3) is 0.414. The Morgan fingerprint density at radius 3 is 2.49 bits per heavy atom. The zero-order chi connectivity index (χ0) is 56.3. The van der Waals surface area contributed by atoms with Gasteiger partial charge in [0.15, 0.2) is 11.5 Å². The topological polar surface area (TPSA) is 244 Å². The molecule has 0 spiro atoms. The highest BCUT2D eigenvalue weighted by Gasteiger charge is 2.49. The predicted octanol–water partition coefficient (Wildman–Crippen LogP) is 8.66. The van der Waals surface area contributed by atoms with E-state index in [4.69, 9.17) is 57.2 Å². The van der Waals surface area contributed by atoms with Crippen molar-refractivity contribution < 1.29 is 38.0 Å². The Morgan fingerprint density at radius 1 is 1.06 bits per heavy atom. The third kappa shape index (κ3) is 12.9. The molecule has 7 aromatic rings. The second kappa shape index (κ2) is 27.8. The Bertz CT molecular complexity index is 3250. The zero-order valence-corrected chi connectivity index (χ0v) is 47.2. The molecule has 4 aliphatic rings. The van der Waals surface area contributed by atoms with Crippen LogP contribution in [0, 0.1) is 19.7 Å². The molecule has 8 N–H and O–H groups in total. The summed E-state index contributed by atoms with van der Waals surface area (Å²) in [6.07, 6.45) is 7.96. The fourth-order valence-electron chi connectivity index (χ4n) is 10.3. The van der Waals surface area contributed by atoms with E-state index in [0.29, 0.717) is 94.4 Å². The number of benzene rings is 4. The summed E-state index contributed by atoms with van der Waals surface area (Å²) in [5, 5.41) is 23.7. The van der Waals surface area contributed by atoms with Crippen molar-refractivity contribution in [2.24, 2.45) is 11.6 Å². The number of methoxy groups -OCH3 is 1. The van der Waals surface area contributed by atoms with Gasteiger partial charge in [-0.25, -0.2) is 15.2 Å². The summed E-state index contributed by atoms with van der Waals surface area (Å²) >= 11 is 9.07. The molecule has 4 aliphatic heterocycles. The van der Waals surface area contributed by atoms with Gasteiger partial charge in [0, 0.05) is 75.2 Å². The normalized spacial score (nSPS) is 17.6. The first kappa shape index (κ1) is 60.5. The minimum Gasteiger partial charge on any atom is -0.489 e. The maximum absolute atomic E-state index is 15.7. The second-order valence-corrected chi connectivity index (χ2v) is 20.6. The van der Waals surface area contributed by atoms with Crippen LogP contribution in [-0.2, 0) is 27.5 Å². The van der Waals surface area contributed by atoms with Gasteiger partial charge in [0.1, 0.15) is 43.0 Å². The minimum absolute atomic E-state index is 0. The number of nitrogens with two attached hydrogens (primary N) is 2. The smallest absolute Gasteiger partial charge is 0.319 e. The summed E-state index contributed by atoms with van der Waals surface area (Å²) in [5.41, 5.74) is 15.8. The maximum Gasteiger partial charge on any atom is 0.319 e. The number of rotatable bonds is 16. The first-order chi connectivity index (χ1) is 38.4. The number of likely N-dealkylation sites (tertiary alicyclic amines) is 1. The summed E-state index contributed by atoms with van der Waals surface area (Å²) in [5.74, 6) is 6.85. The number of aliphatic hydroxyl groups is 1. The van der Waals surface area contributed by atoms with Gasteiger partial charge in [-0.05, 0) is 73.9 Å². The molecule has 22 heteroatoms. The largest absolute Gasteiger partial charge is 0.489 e. The number of hydrogen-bond acceptors (Lipinski definition) is 17. The Morgan fingerprint density at radius 2 is 1.80 bits per heavy atom. The Hall–Kier alpha value is -7.14. The molecular weight excluding hydrogens is 1060 g/mol. The molecule has 3 fully saturated rings. The first-order valence-electron chi connectivity index (χ1n) is 26.5. The van der Waals surface area contributed by atoms with E-state index in [1.54, 1.807) is 42.7 Å². The van der Waals surface area contributed by atoms with Crippen molar-refractivity contribution in [3.05, 3.63) is 111 Å². The van der Waals surface area contributed by atoms with Gasteiger partial charge >= 0.3 is 6.01 Å². The number of hydrogen-bond donors (Lipinski definition) is 6. The lowest BCUT2D eigenvalue weighted by Crippen LogP contribution is -2.53. The van der Waals surface area contributed by atoms with Crippen molar-refractivity contribution in [3.8, 4) is 39.1 Å². The third-order valence-corrected chi connectivity index (χ3v) is 15.5. The number of ether oxygens (including phenoxy) is 4. The molecule has 428 valence electrons. The highest BCUT2D eigenvalue weighted by molar-refractivity contribution is 7.13. The van der Waals surface area contributed by atoms with Gasteiger partial charge in [-0.3, -0.25) is 14.7 Å². The highest BCUT2D eigenvalue weighted by atomic mass is 35.5. The van der Waals surface area contributed by atoms with Crippen molar-refractivity contribution in [2.75, 3.05) is 58.6 Å². The summed E-state index contributed by atoms with van der Waals surface area (Å²) in [6.45, 7) is 13.6. The minimum atomic E-state index is -0.425. The number of hydrazine groups is 1. The van der Waals surface area contributed by atoms with E-state index in [1.165, 1.54) is 22.4 Å². The van der Waals surface area contributed by atoms with Crippen LogP contribution in [0.15, 0.2) is 72.5 Å². The van der Waals surface area contributed by atoms with Crippen LogP contribution in [-0.4, -0.2) is 130 Å². The molecule has 0 saturated carbocycles. The van der Waals surface area contributed by atoms with Crippen molar-refractivity contribution >= 4 is 68.6 Å². The van der Waals surface area contributed by atoms with Crippen molar-refractivity contribution in [2.45, 2.75) is 105 Å². The molecule has 0 radical (unpaired) electrons. The summed E-state index contributed by atoms with van der Waals surface area (Å²) in [4.78, 5) is 42.3. The number of anilines is 1. The second-order valence-electron chi connectivity index (χ2n) is 19.4. The van der Waals surface area contributed by atoms with Crippen molar-refractivity contribution in [3.63, 3.8) is 0 Å². The number of halogens is 2. The predicted molar refractivity (Wildman–Crippen MR) is 314 cm³/mol. The molecule has 2 bridgehead atoms. The molecule has 3 aromatic heterocycles. The van der Waals surface area contributed by atoms with Crippen LogP contribution in [0.1, 0.15) is 81.8 Å². The highest BCUT2D eigenvalue weighted by Crippen LogP contribution is 2.55. The monoisotopic (exact) mass is 1140 g/mol. The molecule has 19 nitrogen and oxygen atoms in total. The number of aromatic nitrogens is 5. The SMILES string of the molecule is C.CCC.CCN(N)/C=C(\N)c1ccc(COc2c(-c3c(C)c(F)cc4[nH]ncc34)c(Cl)c3c4c(nc(OCCOC)nc24)N2C4CNC(C4)C2CO3)cc1.CO.Cc1ncsc1-c1ccc(CNC(=O)C2CCCN2C=O)cc1. The average Bonchev–Trinajstić information content (AvgIpc) is 4.52. The van der Waals surface area contributed by atoms with E-state index >= 15 is 4.39 Å². The number of H-pyrrole nitrogens is 1. The molecule has 7 heterocycles. The van der Waals surface area contributed by atoms with E-state index in [9.17, 15) is 9.59 Å². The molecule has 3 saturated heterocycles. The number of aryl methyl sites for hydroxylation is 1. The molecule has 2 amide bonds. The van der Waals surface area contributed by atoms with Crippen molar-refractivity contribution in [1.82, 2.24) is 45.7 Å². The first-order valence-corrected chi connectivity index (χ1v) is 27.7. The van der Waals surface area contributed by atoms with Crippen molar-refractivity contribution in [1.29, 1.82) is 0 Å². The standard InChI is InChI=1S/C36H39ClFN9O4.C17H19N3O2S.C3H8.CH4O.CH4/c1-4-46(40)15-24(39)20-7-5-19(6-8-20)16-50-34-29(28-18(2)23(38)12-25-22(28)14-42-45-25)31(37)33-30-32(34)43-36(49-10-9-48-3)44-35(30)47-21-11-26(41-13-21)27(47)17-51-33;1-12-16(23-10-19-12)14-6-4-13(5-7-14)9-18-17(22)15-3-2-8-20(15)11-21;1-3-2;1-2;/h5-8,12,14-15,21,26-27,41H,4,9-11,13,16-17,39-40H2,1-3H3,(H,42,45);4-7,10-11,15H,2-3,8-9H2,1H3,(H,18,22);3H2,1-2H3;2H,1H3;1H4/b24-15-;;;;. The number of nitrogens with one attached hydrogen (secondary N) is 3. The van der Waals surface area contributed by atoms with Crippen LogP contribution < -0.4 is 41.3 Å². The fourth-order valence-corrected chi connectivity index (χ4v) is 11.4. The number of carbonyl (C=O) groups excluding carboxylic acids is 2. The van der Waals surface area contributed by atoms with E-state index in [0.717, 1.165) is 67.3 Å². The van der Waals surface area contributed by atoms with Gasteiger partial charge in [-0.1, -0.05) is 87.8 Å². The van der Waals surface area contributed by atoms with E-state index in [1.807, 2.05) is 55.8 Å². The molecule has 4 unspecified atom stereocenters. The number of aromatic amines is 1. The van der Waals surface area contributed by atoms with Gasteiger partial charge in [0.2, 0.25) is 12.3 Å². The number of nitrogens with zero attached hydrogens (tertiary/aromatic N) is 7. The van der Waals surface area contributed by atoms with Crippen LogP contribution in [0.2, 0.25) is 5.02 Å². The third-order valence-electron chi connectivity index (χ3n) is 14.2. The number of amides is 2. The average molecular weight is 1140 g/mol. The van der Waals surface area contributed by atoms with Gasteiger partial charge in [-0.15, -0.1) is 11.3 Å². The molecule has 4 atom stereocenters. The van der Waals surface area contributed by atoms with Gasteiger partial charge in [0.05, 0.1) is 56.5 Å². The Balaban J connectivity index is 0.000000266. The molecular formula is C58H74ClFN12O7S. The van der Waals surface area contributed by atoms with Crippen LogP contribution in [0.3, 0.4) is 0 Å². The molecule has 80 heavy (non-hydrogen) atoms. The number of piperazine rings is 1. The van der Waals surface area contributed by atoms with E-state index < -0.39 is 5.82 Å². The molecule has 4 aromatic carbocycles. The molecule has 0 aliphatic carbocycles. The van der Waals surface area contributed by atoms with Crippen LogP contribution in [0.25, 0.3) is 49.1 Å². The van der Waals surface area contributed by atoms with E-state index in [2.05, 4.69) is 56.7 Å². The maximum atomic E-state index is 15.7. The summed E-state index contributed by atoms with van der Waals surface area (Å²) in [7, 11) is 2.61. The lowest BCUT2D eigenvalue weighted by Gasteiger charge is -2.35. The van der Waals surface area contributed by atoms with E-state index in [-0.39, 0.29) is 61.7 Å². The number of carbonyl (C=O) groups is 2. The number of aliphatic hydroxyl groups excluding tert-OH is 1. The lowest BCUT2D eigenvalue weighted by atomic mass is 9.93. The zero-order valence-electron chi connectivity index (χ0n) is 45.6. The summed E-state index contributed by atoms with van der Waals surface area (Å²) in [6, 6.07) is 17.5. The Kier molecular flexibility index (Phi) is 21.0. The van der Waals surface area contributed by atoms with Gasteiger partial charge in [-0.2, -0.15) is 15.1 Å². The lowest BCUT2D eigenvalue weighted by molar-refractivity contribution is -0.131. The van der Waals surface area contributed by atoms with Gasteiger partial charge in [0.25, 0.3) is 0 Å². The number of fused-ring (bicyclic) bond motifs is 7. The molecule has 11 rings (SSSR count).